The highest BCUT2D eigenvalue weighted by Gasteiger charge is 2.35. The zero-order valence-corrected chi connectivity index (χ0v) is 21.3. The third-order valence-electron chi connectivity index (χ3n) is 5.94. The maximum absolute atomic E-state index is 13.4. The monoisotopic (exact) mass is 518 g/mol. The van der Waals surface area contributed by atoms with Gasteiger partial charge in [0.15, 0.2) is 0 Å². The van der Waals surface area contributed by atoms with Crippen molar-refractivity contribution in [3.8, 4) is 11.1 Å². The average Bonchev–Trinajstić information content (AvgIpc) is 3.32. The van der Waals surface area contributed by atoms with E-state index in [1.54, 1.807) is 12.3 Å². The van der Waals surface area contributed by atoms with Crippen LogP contribution in [0.3, 0.4) is 0 Å². The average molecular weight is 519 g/mol. The number of aromatic nitrogens is 2. The van der Waals surface area contributed by atoms with Gasteiger partial charge in [-0.2, -0.15) is 18.3 Å². The van der Waals surface area contributed by atoms with Gasteiger partial charge >= 0.3 is 6.18 Å². The number of rotatable bonds is 10. The zero-order valence-electron chi connectivity index (χ0n) is 20.5. The van der Waals surface area contributed by atoms with E-state index in [1.165, 1.54) is 12.1 Å². The summed E-state index contributed by atoms with van der Waals surface area (Å²) < 4.78 is 41.9. The number of benzene rings is 2. The molecule has 0 aliphatic rings. The molecule has 0 saturated heterocycles. The van der Waals surface area contributed by atoms with Gasteiger partial charge in [0.25, 0.3) is 5.91 Å². The summed E-state index contributed by atoms with van der Waals surface area (Å²) in [7, 11) is 0. The van der Waals surface area contributed by atoms with Crippen LogP contribution in [0.1, 0.15) is 48.3 Å². The molecule has 1 unspecified atom stereocenters. The van der Waals surface area contributed by atoms with Gasteiger partial charge in [-0.1, -0.05) is 41.9 Å². The van der Waals surface area contributed by atoms with Gasteiger partial charge in [0.1, 0.15) is 0 Å². The lowest BCUT2D eigenvalue weighted by molar-refractivity contribution is -0.137. The molecule has 1 atom stereocenters. The number of carbonyl (C=O) groups excluding carboxylic acids is 1. The van der Waals surface area contributed by atoms with Crippen molar-refractivity contribution >= 4 is 17.5 Å². The van der Waals surface area contributed by atoms with Crippen LogP contribution in [-0.4, -0.2) is 39.7 Å². The molecule has 0 fully saturated rings. The number of alkyl halides is 3. The molecule has 0 saturated carbocycles. The van der Waals surface area contributed by atoms with Gasteiger partial charge < -0.3 is 5.32 Å². The van der Waals surface area contributed by atoms with Crippen LogP contribution in [0.2, 0.25) is 5.02 Å². The molecule has 2 aromatic carbocycles. The van der Waals surface area contributed by atoms with Gasteiger partial charge in [-0.25, -0.2) is 0 Å². The second kappa shape index (κ2) is 11.8. The molecule has 5 nitrogen and oxygen atoms in total. The molecule has 1 N–H and O–H groups in total. The quantitative estimate of drug-likeness (QED) is 0.307. The summed E-state index contributed by atoms with van der Waals surface area (Å²) in [6, 6.07) is 10.6. The molecule has 0 aliphatic carbocycles. The molecule has 9 heteroatoms. The maximum atomic E-state index is 13.4. The number of halogens is 4. The fourth-order valence-electron chi connectivity index (χ4n) is 3.91. The van der Waals surface area contributed by atoms with Gasteiger partial charge in [-0.3, -0.25) is 14.4 Å². The van der Waals surface area contributed by atoms with Crippen LogP contribution in [-0.2, 0) is 12.7 Å². The summed E-state index contributed by atoms with van der Waals surface area (Å²) in [4.78, 5) is 15.3. The smallest absolute Gasteiger partial charge is 0.344 e. The number of hydrogen-bond donors (Lipinski definition) is 1. The van der Waals surface area contributed by atoms with E-state index in [-0.39, 0.29) is 11.6 Å². The first-order valence-corrected chi connectivity index (χ1v) is 12.1. The fourth-order valence-corrected chi connectivity index (χ4v) is 4.23. The van der Waals surface area contributed by atoms with E-state index < -0.39 is 28.7 Å². The van der Waals surface area contributed by atoms with E-state index in [9.17, 15) is 18.0 Å². The third-order valence-corrected chi connectivity index (χ3v) is 6.35. The second-order valence-corrected chi connectivity index (χ2v) is 9.12. The van der Waals surface area contributed by atoms with E-state index in [0.717, 1.165) is 29.3 Å². The second-order valence-electron chi connectivity index (χ2n) is 8.74. The van der Waals surface area contributed by atoms with Crippen molar-refractivity contribution in [3.63, 3.8) is 0 Å². The summed E-state index contributed by atoms with van der Waals surface area (Å²) in [5.41, 5.74) is 1.39. The van der Waals surface area contributed by atoms with Crippen LogP contribution in [0.15, 0.2) is 67.5 Å². The molecular formula is C27H30ClF3N4O. The van der Waals surface area contributed by atoms with E-state index in [4.69, 9.17) is 11.6 Å². The molecule has 1 aromatic heterocycles. The fraction of sp³-hybridized carbons (Fsp3) is 0.333. The molecule has 192 valence electrons. The summed E-state index contributed by atoms with van der Waals surface area (Å²) in [6.07, 6.45) is 0.824. The number of hydrogen-bond acceptors (Lipinski definition) is 3. The van der Waals surface area contributed by atoms with Crippen LogP contribution >= 0.6 is 11.6 Å². The lowest BCUT2D eigenvalue weighted by Crippen LogP contribution is -2.41. The van der Waals surface area contributed by atoms with Gasteiger partial charge in [0.2, 0.25) is 0 Å². The maximum Gasteiger partial charge on any atom is 0.417 e. The first-order chi connectivity index (χ1) is 17.0. The molecular weight excluding hydrogens is 489 g/mol. The highest BCUT2D eigenvalue weighted by atomic mass is 35.5. The van der Waals surface area contributed by atoms with E-state index in [2.05, 4.69) is 21.9 Å². The number of amides is 1. The van der Waals surface area contributed by atoms with Crippen molar-refractivity contribution in [2.24, 2.45) is 0 Å². The predicted molar refractivity (Wildman–Crippen MR) is 137 cm³/mol. The molecule has 3 rings (SSSR count). The molecule has 1 heterocycles. The molecule has 0 spiro atoms. The van der Waals surface area contributed by atoms with E-state index >= 15 is 0 Å². The largest absolute Gasteiger partial charge is 0.417 e. The Hall–Kier alpha value is -3.10. The minimum absolute atomic E-state index is 0.144. The van der Waals surface area contributed by atoms with Crippen LogP contribution in [0.4, 0.5) is 13.2 Å². The summed E-state index contributed by atoms with van der Waals surface area (Å²) in [5, 5.41) is 6.63. The molecule has 0 bridgehead atoms. The number of aryl methyl sites for hydroxylation is 1. The standard InChI is InChI=1S/C27H30ClF3N4O/c1-5-13-34(18(3)4)17-24(20-10-7-9-19(14-20)21-15-32-35(6-2)16-21)33-26(36)22-11-8-12-23(25(22)28)27(29,30)31/h5,7-12,14-16,18,24H,1,6,13,17H2,2-4H3,(H,33,36). The SMILES string of the molecule is C=CCN(CC(NC(=O)c1cccc(C(F)(F)F)c1Cl)c1cccc(-c2cnn(CC)c2)c1)C(C)C. The van der Waals surface area contributed by atoms with Crippen molar-refractivity contribution in [2.75, 3.05) is 13.1 Å². The van der Waals surface area contributed by atoms with Crippen LogP contribution in [0.25, 0.3) is 11.1 Å². The van der Waals surface area contributed by atoms with Crippen molar-refractivity contribution < 1.29 is 18.0 Å². The molecule has 1 amide bonds. The van der Waals surface area contributed by atoms with Crippen molar-refractivity contribution in [1.82, 2.24) is 20.0 Å². The predicted octanol–water partition coefficient (Wildman–Crippen LogP) is 6.61. The molecule has 36 heavy (non-hydrogen) atoms. The molecule has 0 aliphatic heterocycles. The van der Waals surface area contributed by atoms with Gasteiger partial charge in [0, 0.05) is 37.4 Å². The number of nitrogens with one attached hydrogen (secondary N) is 1. The van der Waals surface area contributed by atoms with Crippen molar-refractivity contribution in [2.45, 2.75) is 45.6 Å². The van der Waals surface area contributed by atoms with Gasteiger partial charge in [-0.05, 0) is 50.1 Å². The Morgan fingerprint density at radius 1 is 1.22 bits per heavy atom. The summed E-state index contributed by atoms with van der Waals surface area (Å²) >= 11 is 6.03. The van der Waals surface area contributed by atoms with Crippen molar-refractivity contribution in [1.29, 1.82) is 0 Å². The Bertz CT molecular complexity index is 1210. The minimum Gasteiger partial charge on any atom is -0.344 e. The molecule has 3 aromatic rings. The Morgan fingerprint density at radius 2 is 1.94 bits per heavy atom. The van der Waals surface area contributed by atoms with Crippen LogP contribution in [0.5, 0.6) is 0 Å². The van der Waals surface area contributed by atoms with Crippen LogP contribution < -0.4 is 5.32 Å². The highest BCUT2D eigenvalue weighted by molar-refractivity contribution is 6.34. The first-order valence-electron chi connectivity index (χ1n) is 11.7. The van der Waals surface area contributed by atoms with Crippen LogP contribution in [0, 0.1) is 0 Å². The Balaban J connectivity index is 1.99. The Morgan fingerprint density at radius 3 is 2.56 bits per heavy atom. The minimum atomic E-state index is -4.66. The third kappa shape index (κ3) is 6.56. The van der Waals surface area contributed by atoms with Crippen molar-refractivity contribution in [3.05, 3.63) is 89.2 Å². The van der Waals surface area contributed by atoms with Gasteiger partial charge in [-0.15, -0.1) is 6.58 Å². The number of carbonyl (C=O) groups is 1. The topological polar surface area (TPSA) is 50.2 Å². The van der Waals surface area contributed by atoms with E-state index in [0.29, 0.717) is 13.1 Å². The lowest BCUT2D eigenvalue weighted by Gasteiger charge is -2.31. The first kappa shape index (κ1) is 27.5. The van der Waals surface area contributed by atoms with Gasteiger partial charge in [0.05, 0.1) is 28.4 Å². The summed E-state index contributed by atoms with van der Waals surface area (Å²) in [5.74, 6) is -0.678. The Kier molecular flexibility index (Phi) is 8.98. The lowest BCUT2D eigenvalue weighted by atomic mass is 9.99. The van der Waals surface area contributed by atoms with E-state index in [1.807, 2.05) is 55.9 Å². The normalized spacial score (nSPS) is 12.7. The summed E-state index contributed by atoms with van der Waals surface area (Å²) in [6.45, 7) is 11.6. The zero-order chi connectivity index (χ0) is 26.5. The highest BCUT2D eigenvalue weighted by Crippen LogP contribution is 2.36. The number of nitrogens with zero attached hydrogens (tertiary/aromatic N) is 3. The Labute approximate surface area is 214 Å². The molecule has 0 radical (unpaired) electrons.